The van der Waals surface area contributed by atoms with Crippen molar-refractivity contribution >= 4 is 0 Å². The number of aliphatic hydroxyl groups is 6. The molecular formula is C12H20FN3O9. The van der Waals surface area contributed by atoms with Gasteiger partial charge >= 0.3 is 0 Å². The molecule has 25 heavy (non-hydrogen) atoms. The Morgan fingerprint density at radius 2 is 1.64 bits per heavy atom. The fraction of sp³-hybridized carbons (Fsp3) is 1.00. The van der Waals surface area contributed by atoms with Crippen LogP contribution in [0, 0.1) is 0 Å². The van der Waals surface area contributed by atoms with Crippen LogP contribution < -0.4 is 0 Å². The van der Waals surface area contributed by atoms with Gasteiger partial charge < -0.3 is 44.8 Å². The summed E-state index contributed by atoms with van der Waals surface area (Å²) >= 11 is 0. The minimum atomic E-state index is -2.26. The van der Waals surface area contributed by atoms with E-state index in [1.807, 2.05) is 0 Å². The van der Waals surface area contributed by atoms with Gasteiger partial charge in [0.2, 0.25) is 6.36 Å². The largest absolute Gasteiger partial charge is 0.394 e. The molecule has 0 bridgehead atoms. The summed E-state index contributed by atoms with van der Waals surface area (Å²) in [5.74, 6) is 0. The Morgan fingerprint density at radius 3 is 2.24 bits per heavy atom. The van der Waals surface area contributed by atoms with E-state index in [4.69, 9.17) is 15.0 Å². The van der Waals surface area contributed by atoms with Crippen LogP contribution in [0.2, 0.25) is 0 Å². The highest BCUT2D eigenvalue weighted by Gasteiger charge is 2.50. The molecule has 0 aliphatic carbocycles. The zero-order valence-electron chi connectivity index (χ0n) is 12.8. The lowest BCUT2D eigenvalue weighted by molar-refractivity contribution is -0.345. The molecule has 0 spiro atoms. The Balaban J connectivity index is 2.13. The molecule has 10 atom stereocenters. The van der Waals surface area contributed by atoms with Crippen molar-refractivity contribution in [3.63, 3.8) is 0 Å². The van der Waals surface area contributed by atoms with Crippen LogP contribution in [0.25, 0.3) is 10.4 Å². The molecule has 12 nitrogen and oxygen atoms in total. The van der Waals surface area contributed by atoms with E-state index >= 15 is 0 Å². The molecule has 2 saturated heterocycles. The molecule has 2 fully saturated rings. The summed E-state index contributed by atoms with van der Waals surface area (Å²) in [4.78, 5) is 2.49. The Labute approximate surface area is 140 Å². The maximum atomic E-state index is 13.4. The predicted octanol–water partition coefficient (Wildman–Crippen LogP) is -3.10. The lowest BCUT2D eigenvalue weighted by Gasteiger charge is -2.44. The number of nitrogens with zero attached hydrogens (tertiary/aromatic N) is 3. The van der Waals surface area contributed by atoms with Crippen LogP contribution in [-0.4, -0.2) is 105 Å². The van der Waals surface area contributed by atoms with E-state index in [-0.39, 0.29) is 6.54 Å². The highest BCUT2D eigenvalue weighted by atomic mass is 19.1. The number of azide groups is 1. The lowest BCUT2D eigenvalue weighted by Crippen LogP contribution is -2.63. The lowest BCUT2D eigenvalue weighted by atomic mass is 9.97. The summed E-state index contributed by atoms with van der Waals surface area (Å²) in [6.45, 7) is -1.16. The van der Waals surface area contributed by atoms with E-state index < -0.39 is 68.1 Å². The van der Waals surface area contributed by atoms with Crippen molar-refractivity contribution in [2.24, 2.45) is 5.11 Å². The zero-order chi connectivity index (χ0) is 18.7. The van der Waals surface area contributed by atoms with E-state index in [2.05, 4.69) is 14.8 Å². The Hall–Kier alpha value is -1.12. The Morgan fingerprint density at radius 1 is 0.960 bits per heavy atom. The van der Waals surface area contributed by atoms with Crippen LogP contribution in [-0.2, 0) is 14.2 Å². The molecule has 2 aliphatic rings. The van der Waals surface area contributed by atoms with Gasteiger partial charge in [-0.2, -0.15) is 0 Å². The molecule has 0 amide bonds. The van der Waals surface area contributed by atoms with Crippen molar-refractivity contribution in [1.29, 1.82) is 0 Å². The number of halogens is 1. The normalized spacial score (nSPS) is 48.0. The third kappa shape index (κ3) is 4.17. The summed E-state index contributed by atoms with van der Waals surface area (Å²) in [5, 5.41) is 61.5. The van der Waals surface area contributed by atoms with Crippen molar-refractivity contribution in [1.82, 2.24) is 0 Å². The number of hydrogen-bond acceptors (Lipinski definition) is 10. The Kier molecular flexibility index (Phi) is 6.87. The first-order valence-electron chi connectivity index (χ1n) is 7.44. The van der Waals surface area contributed by atoms with Gasteiger partial charge in [0.15, 0.2) is 6.29 Å². The van der Waals surface area contributed by atoms with E-state index in [0.717, 1.165) is 0 Å². The number of aliphatic hydroxyl groups excluding tert-OH is 6. The fourth-order valence-electron chi connectivity index (χ4n) is 2.66. The van der Waals surface area contributed by atoms with Crippen LogP contribution in [0.15, 0.2) is 5.11 Å². The van der Waals surface area contributed by atoms with Gasteiger partial charge in [-0.1, -0.05) is 5.11 Å². The smallest absolute Gasteiger partial charge is 0.228 e. The van der Waals surface area contributed by atoms with Gasteiger partial charge in [0, 0.05) is 4.91 Å². The molecule has 0 aromatic heterocycles. The zero-order valence-corrected chi connectivity index (χ0v) is 12.8. The number of hydrogen-bond donors (Lipinski definition) is 6. The highest BCUT2D eigenvalue weighted by molar-refractivity contribution is 4.94. The van der Waals surface area contributed by atoms with Gasteiger partial charge in [-0.15, -0.1) is 0 Å². The summed E-state index contributed by atoms with van der Waals surface area (Å²) in [7, 11) is 0. The van der Waals surface area contributed by atoms with E-state index in [1.165, 1.54) is 0 Å². The number of alkyl halides is 1. The number of rotatable bonds is 5. The quantitative estimate of drug-likeness (QED) is 0.165. The molecule has 2 aliphatic heterocycles. The summed E-state index contributed by atoms with van der Waals surface area (Å²) in [5.41, 5.74) is 8.32. The molecular weight excluding hydrogens is 349 g/mol. The number of ether oxygens (including phenoxy) is 3. The van der Waals surface area contributed by atoms with Gasteiger partial charge in [0.25, 0.3) is 0 Å². The predicted molar refractivity (Wildman–Crippen MR) is 74.4 cm³/mol. The van der Waals surface area contributed by atoms with Crippen molar-refractivity contribution in [3.05, 3.63) is 10.4 Å². The fourth-order valence-corrected chi connectivity index (χ4v) is 2.66. The third-order valence-electron chi connectivity index (χ3n) is 4.09. The maximum absolute atomic E-state index is 13.4. The molecule has 0 unspecified atom stereocenters. The average molecular weight is 369 g/mol. The van der Waals surface area contributed by atoms with E-state index in [1.54, 1.807) is 0 Å². The van der Waals surface area contributed by atoms with Crippen molar-refractivity contribution < 1.29 is 49.2 Å². The van der Waals surface area contributed by atoms with Crippen LogP contribution >= 0.6 is 0 Å². The van der Waals surface area contributed by atoms with Gasteiger partial charge in [-0.25, -0.2) is 4.39 Å². The first-order chi connectivity index (χ1) is 11.8. The Bertz CT molecular complexity index is 494. The van der Waals surface area contributed by atoms with Crippen molar-refractivity contribution in [2.75, 3.05) is 13.2 Å². The maximum Gasteiger partial charge on any atom is 0.228 e. The van der Waals surface area contributed by atoms with Crippen LogP contribution in [0.3, 0.4) is 0 Å². The van der Waals surface area contributed by atoms with E-state index in [9.17, 15) is 35.0 Å². The molecule has 6 N–H and O–H groups in total. The summed E-state index contributed by atoms with van der Waals surface area (Å²) in [6, 6.07) is 0. The molecule has 2 heterocycles. The second-order valence-electron chi connectivity index (χ2n) is 5.72. The van der Waals surface area contributed by atoms with Crippen LogP contribution in [0.4, 0.5) is 4.39 Å². The molecule has 144 valence electrons. The van der Waals surface area contributed by atoms with Crippen molar-refractivity contribution in [3.8, 4) is 0 Å². The van der Waals surface area contributed by atoms with Crippen molar-refractivity contribution in [2.45, 2.75) is 61.5 Å². The molecule has 0 aromatic rings. The second-order valence-corrected chi connectivity index (χ2v) is 5.72. The third-order valence-corrected chi connectivity index (χ3v) is 4.09. The minimum absolute atomic E-state index is 0.385. The molecule has 0 radical (unpaired) electrons. The highest BCUT2D eigenvalue weighted by Crippen LogP contribution is 2.29. The first-order valence-corrected chi connectivity index (χ1v) is 7.44. The monoisotopic (exact) mass is 369 g/mol. The molecule has 0 aromatic carbocycles. The molecule has 2 rings (SSSR count). The van der Waals surface area contributed by atoms with Crippen LogP contribution in [0.5, 0.6) is 0 Å². The first kappa shape index (κ1) is 20.2. The molecule has 13 heteroatoms. The van der Waals surface area contributed by atoms with Gasteiger partial charge in [-0.05, 0) is 5.53 Å². The topological polar surface area (TPSA) is 198 Å². The average Bonchev–Trinajstić information content (AvgIpc) is 2.60. The SMILES string of the molecule is [N-]=[N+]=NC[C@H]1O[C@@H](O[C@H]2[C@H](O)[C@@H](O)[C@@H](F)O[C@@H]2CO)[C@H](O)[C@@H](O)[C@H]1O. The van der Waals surface area contributed by atoms with Gasteiger partial charge in [0.05, 0.1) is 19.3 Å². The summed E-state index contributed by atoms with van der Waals surface area (Å²) < 4.78 is 28.6. The second kappa shape index (κ2) is 8.51. The van der Waals surface area contributed by atoms with Gasteiger partial charge in [-0.3, -0.25) is 0 Å². The van der Waals surface area contributed by atoms with Crippen LogP contribution in [0.1, 0.15) is 0 Å². The summed E-state index contributed by atoms with van der Waals surface area (Å²) in [6.07, 6.45) is -16.9. The standard InChI is InChI=1S/C12H20FN3O9/c13-11-8(21)7(20)10(4(2-17)23-11)25-12-9(22)6(19)5(18)3(24-12)1-15-16-14/h3-12,17-22H,1-2H2/t3-,4-,5+,6+,7-,8-,9-,10-,11+,12+/m1/s1. The minimum Gasteiger partial charge on any atom is -0.394 e. The van der Waals surface area contributed by atoms with Gasteiger partial charge in [0.1, 0.15) is 42.7 Å². The molecule has 0 saturated carbocycles. The van der Waals surface area contributed by atoms with E-state index in [0.29, 0.717) is 0 Å².